The number of amides is 3. The third kappa shape index (κ3) is 4.84. The molecule has 3 amide bonds. The Bertz CT molecular complexity index is 506. The molecular weight excluding hydrogens is 274 g/mol. The van der Waals surface area contributed by atoms with Crippen molar-refractivity contribution in [3.63, 3.8) is 0 Å². The summed E-state index contributed by atoms with van der Waals surface area (Å²) < 4.78 is 0. The molecule has 1 rings (SSSR count). The van der Waals surface area contributed by atoms with E-state index in [1.807, 2.05) is 0 Å². The summed E-state index contributed by atoms with van der Waals surface area (Å²) in [5, 5.41) is 13.6. The topological polar surface area (TPSA) is 122 Å². The maximum Gasteiger partial charge on any atom is 0.326 e. The number of hydrogen-bond acceptors (Lipinski definition) is 3. The molecule has 0 heterocycles. The fraction of sp³-hybridized carbons (Fsp3) is 0.182. The van der Waals surface area contributed by atoms with Crippen molar-refractivity contribution in [3.8, 4) is 0 Å². The first-order valence-electron chi connectivity index (χ1n) is 5.23. The van der Waals surface area contributed by atoms with Crippen molar-refractivity contribution in [2.24, 2.45) is 5.73 Å². The summed E-state index contributed by atoms with van der Waals surface area (Å²) in [6.07, 6.45) is -0.495. The molecule has 1 unspecified atom stereocenters. The largest absolute Gasteiger partial charge is 0.480 e. The van der Waals surface area contributed by atoms with E-state index in [4.69, 9.17) is 22.4 Å². The Kier molecular flexibility index (Phi) is 5.13. The minimum Gasteiger partial charge on any atom is -0.480 e. The minimum absolute atomic E-state index is 0.305. The molecule has 0 fully saturated rings. The van der Waals surface area contributed by atoms with E-state index < -0.39 is 30.4 Å². The monoisotopic (exact) mass is 285 g/mol. The number of carboxylic acids is 1. The number of para-hydroxylation sites is 1. The molecule has 0 aliphatic heterocycles. The number of nitrogens with two attached hydrogens (primary N) is 1. The fourth-order valence-corrected chi connectivity index (χ4v) is 1.46. The summed E-state index contributed by atoms with van der Waals surface area (Å²) in [7, 11) is 0. The Hall–Kier alpha value is -2.28. The summed E-state index contributed by atoms with van der Waals surface area (Å²) in [4.78, 5) is 33.1. The summed E-state index contributed by atoms with van der Waals surface area (Å²) in [5.41, 5.74) is 5.21. The molecule has 8 heteroatoms. The first kappa shape index (κ1) is 14.8. The molecule has 0 saturated carbocycles. The van der Waals surface area contributed by atoms with E-state index in [0.29, 0.717) is 10.7 Å². The summed E-state index contributed by atoms with van der Waals surface area (Å²) in [6.45, 7) is 0. The molecule has 0 aliphatic carbocycles. The number of carbonyl (C=O) groups excluding carboxylic acids is 2. The highest BCUT2D eigenvalue weighted by Gasteiger charge is 2.22. The third-order valence-corrected chi connectivity index (χ3v) is 2.46. The number of urea groups is 1. The maximum absolute atomic E-state index is 11.6. The average molecular weight is 286 g/mol. The smallest absolute Gasteiger partial charge is 0.326 e. The van der Waals surface area contributed by atoms with Gasteiger partial charge in [0.25, 0.3) is 0 Å². The second-order valence-electron chi connectivity index (χ2n) is 3.64. The van der Waals surface area contributed by atoms with Crippen LogP contribution in [0.25, 0.3) is 0 Å². The quantitative estimate of drug-likeness (QED) is 0.639. The van der Waals surface area contributed by atoms with Gasteiger partial charge in [0.05, 0.1) is 17.1 Å². The zero-order valence-electron chi connectivity index (χ0n) is 9.72. The minimum atomic E-state index is -1.39. The van der Waals surface area contributed by atoms with E-state index in [9.17, 15) is 14.4 Å². The van der Waals surface area contributed by atoms with Crippen LogP contribution in [0.5, 0.6) is 0 Å². The lowest BCUT2D eigenvalue weighted by Crippen LogP contribution is -2.45. The highest BCUT2D eigenvalue weighted by Crippen LogP contribution is 2.20. The molecule has 5 N–H and O–H groups in total. The van der Waals surface area contributed by atoms with Crippen LogP contribution in [0.15, 0.2) is 24.3 Å². The Morgan fingerprint density at radius 2 is 1.95 bits per heavy atom. The second kappa shape index (κ2) is 6.60. The van der Waals surface area contributed by atoms with Crippen molar-refractivity contribution in [1.82, 2.24) is 5.32 Å². The Labute approximate surface area is 113 Å². The van der Waals surface area contributed by atoms with Gasteiger partial charge >= 0.3 is 12.0 Å². The Morgan fingerprint density at radius 3 is 2.47 bits per heavy atom. The Morgan fingerprint density at radius 1 is 1.32 bits per heavy atom. The molecule has 0 aliphatic rings. The van der Waals surface area contributed by atoms with Crippen LogP contribution in [0.2, 0.25) is 5.02 Å². The molecule has 19 heavy (non-hydrogen) atoms. The lowest BCUT2D eigenvalue weighted by Gasteiger charge is -2.14. The standard InChI is InChI=1S/C11H12ClN3O4/c12-6-3-1-2-4-7(6)14-11(19)15-8(10(17)18)5-9(13)16/h1-4,8H,5H2,(H2,13,16)(H,17,18)(H2,14,15,19). The molecular formula is C11H12ClN3O4. The van der Waals surface area contributed by atoms with Crippen molar-refractivity contribution in [2.45, 2.75) is 12.5 Å². The molecule has 0 spiro atoms. The van der Waals surface area contributed by atoms with Crippen molar-refractivity contribution in [2.75, 3.05) is 5.32 Å². The van der Waals surface area contributed by atoms with Crippen molar-refractivity contribution in [3.05, 3.63) is 29.3 Å². The van der Waals surface area contributed by atoms with E-state index >= 15 is 0 Å². The number of benzene rings is 1. The number of nitrogens with one attached hydrogen (secondary N) is 2. The lowest BCUT2D eigenvalue weighted by atomic mass is 10.2. The number of aliphatic carboxylic acids is 1. The predicted octanol–water partition coefficient (Wildman–Crippen LogP) is 0.790. The number of hydrogen-bond donors (Lipinski definition) is 4. The van der Waals surface area contributed by atoms with Gasteiger partial charge in [0.2, 0.25) is 5.91 Å². The van der Waals surface area contributed by atoms with Gasteiger partial charge in [-0.05, 0) is 12.1 Å². The lowest BCUT2D eigenvalue weighted by molar-refractivity contribution is -0.140. The van der Waals surface area contributed by atoms with Crippen LogP contribution in [-0.4, -0.2) is 29.1 Å². The van der Waals surface area contributed by atoms with E-state index in [-0.39, 0.29) is 0 Å². The van der Waals surface area contributed by atoms with Crippen molar-refractivity contribution < 1.29 is 19.5 Å². The zero-order valence-corrected chi connectivity index (χ0v) is 10.5. The normalized spacial score (nSPS) is 11.4. The number of anilines is 1. The molecule has 0 saturated heterocycles. The number of rotatable bonds is 5. The summed E-state index contributed by atoms with van der Waals surface area (Å²) in [6, 6.07) is 4.26. The van der Waals surface area contributed by atoms with E-state index in [0.717, 1.165) is 0 Å². The fourth-order valence-electron chi connectivity index (χ4n) is 1.28. The van der Waals surface area contributed by atoms with Crippen LogP contribution < -0.4 is 16.4 Å². The van der Waals surface area contributed by atoms with Gasteiger partial charge in [-0.1, -0.05) is 23.7 Å². The van der Waals surface area contributed by atoms with E-state index in [1.54, 1.807) is 24.3 Å². The summed E-state index contributed by atoms with van der Waals surface area (Å²) in [5.74, 6) is -2.18. The van der Waals surface area contributed by atoms with Crippen LogP contribution in [0.1, 0.15) is 6.42 Å². The van der Waals surface area contributed by atoms with Gasteiger partial charge in [0.1, 0.15) is 6.04 Å². The molecule has 7 nitrogen and oxygen atoms in total. The number of carboxylic acid groups (broad SMARTS) is 1. The zero-order chi connectivity index (χ0) is 14.4. The average Bonchev–Trinajstić information content (AvgIpc) is 2.30. The molecule has 0 bridgehead atoms. The second-order valence-corrected chi connectivity index (χ2v) is 4.05. The molecule has 1 aromatic carbocycles. The van der Waals surface area contributed by atoms with Crippen LogP contribution in [0, 0.1) is 0 Å². The molecule has 0 radical (unpaired) electrons. The van der Waals surface area contributed by atoms with Gasteiger partial charge in [-0.15, -0.1) is 0 Å². The maximum atomic E-state index is 11.6. The highest BCUT2D eigenvalue weighted by atomic mass is 35.5. The van der Waals surface area contributed by atoms with Gasteiger partial charge < -0.3 is 21.5 Å². The van der Waals surface area contributed by atoms with Crippen LogP contribution in [0.3, 0.4) is 0 Å². The van der Waals surface area contributed by atoms with Crippen molar-refractivity contribution >= 4 is 35.2 Å². The Balaban J connectivity index is 2.65. The number of primary amides is 1. The third-order valence-electron chi connectivity index (χ3n) is 2.13. The highest BCUT2D eigenvalue weighted by molar-refractivity contribution is 6.33. The van der Waals surface area contributed by atoms with Gasteiger partial charge in [-0.3, -0.25) is 4.79 Å². The number of halogens is 1. The van der Waals surface area contributed by atoms with Crippen LogP contribution >= 0.6 is 11.6 Å². The SMILES string of the molecule is NC(=O)CC(NC(=O)Nc1ccccc1Cl)C(=O)O. The molecule has 102 valence electrons. The van der Waals surface area contributed by atoms with Crippen molar-refractivity contribution in [1.29, 1.82) is 0 Å². The predicted molar refractivity (Wildman–Crippen MR) is 68.8 cm³/mol. The molecule has 1 aromatic rings. The van der Waals surface area contributed by atoms with Gasteiger partial charge in [0, 0.05) is 0 Å². The van der Waals surface area contributed by atoms with E-state index in [2.05, 4.69) is 10.6 Å². The first-order valence-corrected chi connectivity index (χ1v) is 5.61. The van der Waals surface area contributed by atoms with Crippen LogP contribution in [-0.2, 0) is 9.59 Å². The molecule has 0 aromatic heterocycles. The number of carbonyl (C=O) groups is 3. The van der Waals surface area contributed by atoms with E-state index in [1.165, 1.54) is 0 Å². The molecule has 1 atom stereocenters. The van der Waals surface area contributed by atoms with Crippen LogP contribution in [0.4, 0.5) is 10.5 Å². The first-order chi connectivity index (χ1) is 8.90. The summed E-state index contributed by atoms with van der Waals surface area (Å²) >= 11 is 5.82. The van der Waals surface area contributed by atoms with Gasteiger partial charge in [-0.2, -0.15) is 0 Å². The van der Waals surface area contributed by atoms with Gasteiger partial charge in [-0.25, -0.2) is 9.59 Å². The van der Waals surface area contributed by atoms with Gasteiger partial charge in [0.15, 0.2) is 0 Å².